The zero-order chi connectivity index (χ0) is 13.8. The Morgan fingerprint density at radius 3 is 2.50 bits per heavy atom. The van der Waals surface area contributed by atoms with Crippen molar-refractivity contribution in [2.75, 3.05) is 18.5 Å². The van der Waals surface area contributed by atoms with Gasteiger partial charge in [-0.25, -0.2) is 9.97 Å². The molecule has 0 saturated heterocycles. The Morgan fingerprint density at radius 1 is 1.39 bits per heavy atom. The number of halogens is 4. The van der Waals surface area contributed by atoms with Gasteiger partial charge >= 0.3 is 6.36 Å². The minimum atomic E-state index is -4.75. The average molecular weight is 284 g/mol. The van der Waals surface area contributed by atoms with Crippen LogP contribution in [0.4, 0.5) is 19.0 Å². The van der Waals surface area contributed by atoms with Crippen LogP contribution in [0.2, 0.25) is 0 Å². The Bertz CT molecular complexity index is 370. The molecule has 0 radical (unpaired) electrons. The molecule has 1 unspecified atom stereocenters. The number of anilines is 1. The molecule has 0 spiro atoms. The van der Waals surface area contributed by atoms with E-state index in [1.807, 2.05) is 6.92 Å². The number of hydrogen-bond donors (Lipinski definition) is 0. The fourth-order valence-electron chi connectivity index (χ4n) is 1.16. The predicted molar refractivity (Wildman–Crippen MR) is 61.9 cm³/mol. The minimum Gasteiger partial charge on any atom is -0.386 e. The lowest BCUT2D eigenvalue weighted by Gasteiger charge is -2.18. The molecular weight excluding hydrogens is 271 g/mol. The van der Waals surface area contributed by atoms with Gasteiger partial charge in [0.15, 0.2) is 0 Å². The van der Waals surface area contributed by atoms with Crippen molar-refractivity contribution in [2.24, 2.45) is 0 Å². The van der Waals surface area contributed by atoms with Crippen LogP contribution in [0.1, 0.15) is 13.3 Å². The number of hydrogen-bond acceptors (Lipinski definition) is 4. The van der Waals surface area contributed by atoms with Crippen LogP contribution in [0, 0.1) is 0 Å². The number of nitrogens with zero attached hydrogens (tertiary/aromatic N) is 3. The highest BCUT2D eigenvalue weighted by Gasteiger charge is 2.31. The SMILES string of the molecule is CC(Cl)CCN(C)c1cnc(OC(F)(F)F)cn1. The van der Waals surface area contributed by atoms with Gasteiger partial charge in [-0.2, -0.15) is 0 Å². The first kappa shape index (κ1) is 14.8. The normalized spacial score (nSPS) is 13.2. The summed E-state index contributed by atoms with van der Waals surface area (Å²) in [6.45, 7) is 2.50. The number of aromatic nitrogens is 2. The molecule has 4 nitrogen and oxygen atoms in total. The first-order valence-electron chi connectivity index (χ1n) is 5.21. The summed E-state index contributed by atoms with van der Waals surface area (Å²) in [7, 11) is 1.76. The maximum Gasteiger partial charge on any atom is 0.574 e. The molecule has 0 aliphatic carbocycles. The molecule has 1 heterocycles. The van der Waals surface area contributed by atoms with Gasteiger partial charge in [0, 0.05) is 19.0 Å². The molecule has 1 aromatic heterocycles. The summed E-state index contributed by atoms with van der Waals surface area (Å²) >= 11 is 5.80. The Balaban J connectivity index is 2.59. The van der Waals surface area contributed by atoms with E-state index in [2.05, 4.69) is 14.7 Å². The molecule has 0 fully saturated rings. The van der Waals surface area contributed by atoms with Crippen LogP contribution >= 0.6 is 11.6 Å². The molecule has 1 rings (SSSR count). The Kier molecular flexibility index (Phi) is 5.01. The van der Waals surface area contributed by atoms with Crippen molar-refractivity contribution in [3.63, 3.8) is 0 Å². The summed E-state index contributed by atoms with van der Waals surface area (Å²) in [4.78, 5) is 9.12. The summed E-state index contributed by atoms with van der Waals surface area (Å²) in [5, 5.41) is 0.0215. The van der Waals surface area contributed by atoms with Crippen molar-refractivity contribution in [1.29, 1.82) is 0 Å². The lowest BCUT2D eigenvalue weighted by Crippen LogP contribution is -2.22. The van der Waals surface area contributed by atoms with Crippen molar-refractivity contribution in [3.05, 3.63) is 12.4 Å². The van der Waals surface area contributed by atoms with E-state index in [1.54, 1.807) is 11.9 Å². The third kappa shape index (κ3) is 5.39. The molecule has 0 saturated carbocycles. The van der Waals surface area contributed by atoms with Gasteiger partial charge in [-0.3, -0.25) is 0 Å². The quantitative estimate of drug-likeness (QED) is 0.779. The fraction of sp³-hybridized carbons (Fsp3) is 0.600. The Morgan fingerprint density at radius 2 is 2.06 bits per heavy atom. The van der Waals surface area contributed by atoms with Crippen molar-refractivity contribution >= 4 is 17.4 Å². The van der Waals surface area contributed by atoms with Gasteiger partial charge < -0.3 is 9.64 Å². The summed E-state index contributed by atoms with van der Waals surface area (Å²) in [5.41, 5.74) is 0. The van der Waals surface area contributed by atoms with Gasteiger partial charge in [-0.1, -0.05) is 0 Å². The second-order valence-electron chi connectivity index (χ2n) is 3.75. The fourth-order valence-corrected chi connectivity index (χ4v) is 1.26. The molecule has 1 aromatic rings. The van der Waals surface area contributed by atoms with Crippen LogP contribution in [0.25, 0.3) is 0 Å². The molecule has 102 valence electrons. The monoisotopic (exact) mass is 283 g/mol. The molecule has 0 amide bonds. The van der Waals surface area contributed by atoms with Gasteiger partial charge in [-0.05, 0) is 13.3 Å². The summed E-state index contributed by atoms with van der Waals surface area (Å²) in [5.74, 6) is -0.118. The van der Waals surface area contributed by atoms with E-state index in [9.17, 15) is 13.2 Å². The highest BCUT2D eigenvalue weighted by molar-refractivity contribution is 6.20. The topological polar surface area (TPSA) is 38.2 Å². The van der Waals surface area contributed by atoms with Gasteiger partial charge in [0.05, 0.1) is 12.4 Å². The number of alkyl halides is 4. The van der Waals surface area contributed by atoms with Crippen LogP contribution in [-0.2, 0) is 0 Å². The van der Waals surface area contributed by atoms with Gasteiger partial charge in [-0.15, -0.1) is 24.8 Å². The molecule has 0 aliphatic rings. The number of rotatable bonds is 5. The van der Waals surface area contributed by atoms with Crippen LogP contribution in [0.3, 0.4) is 0 Å². The summed E-state index contributed by atoms with van der Waals surface area (Å²) in [6, 6.07) is 0. The lowest BCUT2D eigenvalue weighted by molar-refractivity contribution is -0.276. The van der Waals surface area contributed by atoms with Crippen LogP contribution in [0.5, 0.6) is 5.88 Å². The summed E-state index contributed by atoms with van der Waals surface area (Å²) < 4.78 is 39.3. The smallest absolute Gasteiger partial charge is 0.386 e. The van der Waals surface area contributed by atoms with E-state index in [0.29, 0.717) is 12.4 Å². The van der Waals surface area contributed by atoms with Crippen molar-refractivity contribution in [1.82, 2.24) is 9.97 Å². The Hall–Kier alpha value is -1.24. The van der Waals surface area contributed by atoms with Gasteiger partial charge in [0.1, 0.15) is 5.82 Å². The third-order valence-corrected chi connectivity index (χ3v) is 2.31. The molecule has 0 aromatic carbocycles. The second kappa shape index (κ2) is 6.08. The standard InChI is InChI=1S/C10H13ClF3N3O/c1-7(11)3-4-17(2)8-5-16-9(6-15-8)18-10(12,13)14/h5-7H,3-4H2,1-2H3. The first-order valence-corrected chi connectivity index (χ1v) is 5.64. The van der Waals surface area contributed by atoms with Gasteiger partial charge in [0.2, 0.25) is 5.88 Å². The Labute approximate surface area is 108 Å². The van der Waals surface area contributed by atoms with E-state index >= 15 is 0 Å². The highest BCUT2D eigenvalue weighted by Crippen LogP contribution is 2.20. The molecule has 1 atom stereocenters. The zero-order valence-corrected chi connectivity index (χ0v) is 10.7. The highest BCUT2D eigenvalue weighted by atomic mass is 35.5. The first-order chi connectivity index (χ1) is 8.28. The molecule has 0 aliphatic heterocycles. The van der Waals surface area contributed by atoms with Crippen LogP contribution in [0.15, 0.2) is 12.4 Å². The zero-order valence-electron chi connectivity index (χ0n) is 9.91. The molecular formula is C10H13ClF3N3O. The molecule has 18 heavy (non-hydrogen) atoms. The van der Waals surface area contributed by atoms with Crippen molar-refractivity contribution < 1.29 is 17.9 Å². The maximum atomic E-state index is 11.9. The van der Waals surface area contributed by atoms with E-state index in [1.165, 1.54) is 6.20 Å². The predicted octanol–water partition coefficient (Wildman–Crippen LogP) is 2.83. The average Bonchev–Trinajstić information content (AvgIpc) is 2.24. The summed E-state index contributed by atoms with van der Waals surface area (Å²) in [6.07, 6.45) is -1.86. The molecule has 0 N–H and O–H groups in total. The van der Waals surface area contributed by atoms with Crippen molar-refractivity contribution in [3.8, 4) is 5.88 Å². The minimum absolute atomic E-state index is 0.0215. The number of ether oxygens (including phenoxy) is 1. The lowest BCUT2D eigenvalue weighted by atomic mass is 10.3. The maximum absolute atomic E-state index is 11.9. The molecule has 8 heteroatoms. The largest absolute Gasteiger partial charge is 0.574 e. The van der Waals surface area contributed by atoms with Crippen LogP contribution in [-0.4, -0.2) is 35.3 Å². The van der Waals surface area contributed by atoms with E-state index in [-0.39, 0.29) is 5.38 Å². The van der Waals surface area contributed by atoms with E-state index < -0.39 is 12.2 Å². The van der Waals surface area contributed by atoms with E-state index in [0.717, 1.165) is 12.6 Å². The third-order valence-electron chi connectivity index (χ3n) is 2.09. The van der Waals surface area contributed by atoms with Crippen LogP contribution < -0.4 is 9.64 Å². The molecule has 0 bridgehead atoms. The second-order valence-corrected chi connectivity index (χ2v) is 4.50. The van der Waals surface area contributed by atoms with Crippen molar-refractivity contribution in [2.45, 2.75) is 25.1 Å². The van der Waals surface area contributed by atoms with Gasteiger partial charge in [0.25, 0.3) is 0 Å². The van der Waals surface area contributed by atoms with E-state index in [4.69, 9.17) is 11.6 Å².